The second kappa shape index (κ2) is 6.06. The number of hydrogen-bond donors (Lipinski definition) is 0. The van der Waals surface area contributed by atoms with Crippen molar-refractivity contribution >= 4 is 17.8 Å². The molecule has 0 radical (unpaired) electrons. The monoisotopic (exact) mass is 338 g/mol. The summed E-state index contributed by atoms with van der Waals surface area (Å²) in [5.74, 6) is 1.71. The van der Waals surface area contributed by atoms with Crippen LogP contribution in [0.4, 0.5) is 0 Å². The molecule has 5 nitrogen and oxygen atoms in total. The van der Waals surface area contributed by atoms with Crippen LogP contribution in [0.25, 0.3) is 11.1 Å². The van der Waals surface area contributed by atoms with Gasteiger partial charge in [-0.25, -0.2) is 0 Å². The zero-order valence-corrected chi connectivity index (χ0v) is 14.1. The van der Waals surface area contributed by atoms with E-state index in [4.69, 9.17) is 23.6 Å². The summed E-state index contributed by atoms with van der Waals surface area (Å²) >= 11 is 0. The molecule has 6 heteroatoms. The molecule has 2 fully saturated rings. The minimum Gasteiger partial charge on any atom is -0.491 e. The normalized spacial score (nSPS) is 22.4. The lowest BCUT2D eigenvalue weighted by Crippen LogP contribution is -2.40. The zero-order valence-electron chi connectivity index (χ0n) is 14.1. The molecule has 0 saturated carbocycles. The van der Waals surface area contributed by atoms with Crippen LogP contribution in [0.1, 0.15) is 0 Å². The van der Waals surface area contributed by atoms with Crippen molar-refractivity contribution in [1.82, 2.24) is 0 Å². The molecule has 2 atom stereocenters. The first kappa shape index (κ1) is 15.3. The summed E-state index contributed by atoms with van der Waals surface area (Å²) in [6.07, 6.45) is 0.498. The largest absolute Gasteiger partial charge is 0.491 e. The summed E-state index contributed by atoms with van der Waals surface area (Å²) in [5, 5.41) is 0. The van der Waals surface area contributed by atoms with Gasteiger partial charge in [-0.15, -0.1) is 0 Å². The highest BCUT2D eigenvalue weighted by Crippen LogP contribution is 2.28. The lowest BCUT2D eigenvalue weighted by molar-refractivity contribution is 0.263. The Kier molecular flexibility index (Phi) is 3.70. The van der Waals surface area contributed by atoms with Gasteiger partial charge in [-0.1, -0.05) is 12.1 Å². The number of ether oxygens (including phenoxy) is 4. The molecule has 128 valence electrons. The first-order valence-corrected chi connectivity index (χ1v) is 8.61. The molecular weight excluding hydrogens is 319 g/mol. The van der Waals surface area contributed by atoms with Crippen molar-refractivity contribution in [3.8, 4) is 22.6 Å². The van der Waals surface area contributed by atoms with E-state index >= 15 is 0 Å². The molecular formula is C19H19BO5. The van der Waals surface area contributed by atoms with E-state index in [1.54, 1.807) is 7.11 Å². The summed E-state index contributed by atoms with van der Waals surface area (Å²) in [6, 6.07) is 12.4. The van der Waals surface area contributed by atoms with Crippen molar-refractivity contribution < 1.29 is 23.6 Å². The standard InChI is InChI=1S/C19H19BO5/c1-21-20-18-6-12(22-8-14-10-24-14)2-4-16(18)17-5-3-13(7-19(17)20)23-9-15-11-25-15/h2-7,14-15H,8-11H2,1H3. The van der Waals surface area contributed by atoms with Gasteiger partial charge in [0.05, 0.1) is 13.2 Å². The Morgan fingerprint density at radius 1 is 0.880 bits per heavy atom. The summed E-state index contributed by atoms with van der Waals surface area (Å²) in [6.45, 7) is 2.69. The predicted molar refractivity (Wildman–Crippen MR) is 94.4 cm³/mol. The first-order valence-electron chi connectivity index (χ1n) is 8.61. The SMILES string of the molecule is COB1c2cc(OCC3CO3)ccc2-c2ccc(OCC3CO3)cc21. The molecule has 2 aromatic carbocycles. The molecule has 0 aliphatic carbocycles. The number of fused-ring (bicyclic) bond motifs is 3. The Labute approximate surface area is 146 Å². The van der Waals surface area contributed by atoms with Crippen molar-refractivity contribution in [2.75, 3.05) is 33.5 Å². The highest BCUT2D eigenvalue weighted by molar-refractivity contribution is 6.84. The van der Waals surface area contributed by atoms with Crippen LogP contribution in [0.5, 0.6) is 11.5 Å². The fourth-order valence-corrected chi connectivity index (χ4v) is 3.31. The van der Waals surface area contributed by atoms with Gasteiger partial charge in [0.2, 0.25) is 0 Å². The Morgan fingerprint density at radius 2 is 1.36 bits per heavy atom. The molecule has 2 saturated heterocycles. The van der Waals surface area contributed by atoms with Crippen LogP contribution in [0.2, 0.25) is 0 Å². The number of epoxide rings is 2. The molecule has 5 rings (SSSR count). The molecule has 2 unspecified atom stereocenters. The Hall–Kier alpha value is -2.02. The van der Waals surface area contributed by atoms with Crippen molar-refractivity contribution in [2.45, 2.75) is 12.2 Å². The molecule has 0 amide bonds. The van der Waals surface area contributed by atoms with E-state index in [2.05, 4.69) is 24.3 Å². The first-order chi connectivity index (χ1) is 12.3. The van der Waals surface area contributed by atoms with Crippen LogP contribution >= 0.6 is 0 Å². The van der Waals surface area contributed by atoms with E-state index in [0.29, 0.717) is 13.2 Å². The molecule has 0 spiro atoms. The molecule has 3 aliphatic heterocycles. The summed E-state index contributed by atoms with van der Waals surface area (Å²) in [4.78, 5) is 0. The van der Waals surface area contributed by atoms with Gasteiger partial charge in [0.1, 0.15) is 36.9 Å². The molecule has 2 aromatic rings. The van der Waals surface area contributed by atoms with Gasteiger partial charge in [0.15, 0.2) is 0 Å². The lowest BCUT2D eigenvalue weighted by atomic mass is 9.58. The van der Waals surface area contributed by atoms with Crippen LogP contribution in [0.15, 0.2) is 36.4 Å². The van der Waals surface area contributed by atoms with Gasteiger partial charge in [0.25, 0.3) is 0 Å². The smallest absolute Gasteiger partial charge is 0.362 e. The molecule has 0 N–H and O–H groups in total. The number of hydrogen-bond acceptors (Lipinski definition) is 5. The quantitative estimate of drug-likeness (QED) is 0.556. The molecule has 0 aromatic heterocycles. The lowest BCUT2D eigenvalue weighted by Gasteiger charge is -2.10. The highest BCUT2D eigenvalue weighted by Gasteiger charge is 2.34. The van der Waals surface area contributed by atoms with Crippen molar-refractivity contribution in [3.05, 3.63) is 36.4 Å². The predicted octanol–water partition coefficient (Wildman–Crippen LogP) is 0.974. The van der Waals surface area contributed by atoms with Crippen molar-refractivity contribution in [2.24, 2.45) is 0 Å². The summed E-state index contributed by atoms with van der Waals surface area (Å²) in [5.41, 5.74) is 4.65. The van der Waals surface area contributed by atoms with Gasteiger partial charge < -0.3 is 23.6 Å². The Morgan fingerprint density at radius 3 is 1.76 bits per heavy atom. The van der Waals surface area contributed by atoms with E-state index in [9.17, 15) is 0 Å². The minimum atomic E-state index is -0.105. The summed E-state index contributed by atoms with van der Waals surface area (Å²) in [7, 11) is 1.74. The maximum absolute atomic E-state index is 5.82. The second-order valence-electron chi connectivity index (χ2n) is 6.65. The van der Waals surface area contributed by atoms with E-state index in [-0.39, 0.29) is 19.1 Å². The van der Waals surface area contributed by atoms with E-state index in [1.165, 1.54) is 11.1 Å². The number of benzene rings is 2. The Bertz CT molecular complexity index is 735. The molecule has 3 heterocycles. The average molecular weight is 338 g/mol. The molecule has 0 bridgehead atoms. The van der Waals surface area contributed by atoms with E-state index < -0.39 is 0 Å². The van der Waals surface area contributed by atoms with Crippen LogP contribution in [0.3, 0.4) is 0 Å². The van der Waals surface area contributed by atoms with Crippen molar-refractivity contribution in [1.29, 1.82) is 0 Å². The van der Waals surface area contributed by atoms with E-state index in [1.807, 2.05) is 12.1 Å². The highest BCUT2D eigenvalue weighted by atomic mass is 16.6. The summed E-state index contributed by atoms with van der Waals surface area (Å²) < 4.78 is 27.8. The third kappa shape index (κ3) is 3.01. The maximum Gasteiger partial charge on any atom is 0.362 e. The fraction of sp³-hybridized carbons (Fsp3) is 0.368. The molecule has 3 aliphatic rings. The topological polar surface area (TPSA) is 52.8 Å². The van der Waals surface area contributed by atoms with Crippen LogP contribution in [0, 0.1) is 0 Å². The van der Waals surface area contributed by atoms with Gasteiger partial charge in [-0.2, -0.15) is 0 Å². The van der Waals surface area contributed by atoms with Gasteiger partial charge in [-0.05, 0) is 46.3 Å². The third-order valence-electron chi connectivity index (χ3n) is 4.81. The third-order valence-corrected chi connectivity index (χ3v) is 4.81. The zero-order chi connectivity index (χ0) is 16.8. The minimum absolute atomic E-state index is 0.105. The maximum atomic E-state index is 5.82. The van der Waals surface area contributed by atoms with Crippen LogP contribution in [-0.4, -0.2) is 52.7 Å². The van der Waals surface area contributed by atoms with Crippen LogP contribution < -0.4 is 20.4 Å². The number of rotatable bonds is 7. The van der Waals surface area contributed by atoms with E-state index in [0.717, 1.165) is 35.6 Å². The molecule has 25 heavy (non-hydrogen) atoms. The van der Waals surface area contributed by atoms with Crippen molar-refractivity contribution in [3.63, 3.8) is 0 Å². The van der Waals surface area contributed by atoms with Gasteiger partial charge >= 0.3 is 6.92 Å². The fourth-order valence-electron chi connectivity index (χ4n) is 3.31. The van der Waals surface area contributed by atoms with Gasteiger partial charge in [0, 0.05) is 7.11 Å². The Balaban J connectivity index is 1.41. The van der Waals surface area contributed by atoms with Crippen LogP contribution in [-0.2, 0) is 14.1 Å². The average Bonchev–Trinajstić information content (AvgIpc) is 3.55. The van der Waals surface area contributed by atoms with Gasteiger partial charge in [-0.3, -0.25) is 0 Å². The second-order valence-corrected chi connectivity index (χ2v) is 6.65.